The van der Waals surface area contributed by atoms with Crippen LogP contribution in [-0.4, -0.2) is 11.1 Å². The molecule has 0 bridgehead atoms. The number of anilines is 2. The number of hydrogen-bond donors (Lipinski definition) is 2. The molecule has 3 N–H and O–H groups in total. The molecular weight excluding hydrogens is 206 g/mol. The van der Waals surface area contributed by atoms with Gasteiger partial charge in [-0.25, -0.2) is 0 Å². The van der Waals surface area contributed by atoms with Crippen LogP contribution in [0.25, 0.3) is 0 Å². The Kier molecular flexibility index (Phi) is 2.59. The zero-order chi connectivity index (χ0) is 11.5. The van der Waals surface area contributed by atoms with Crippen molar-refractivity contribution in [2.45, 2.75) is 6.92 Å². The molecule has 82 valence electrons. The van der Waals surface area contributed by atoms with Gasteiger partial charge in [0.25, 0.3) is 5.91 Å². The predicted molar refractivity (Wildman–Crippen MR) is 60.0 cm³/mol. The summed E-state index contributed by atoms with van der Waals surface area (Å²) in [5.41, 5.74) is 8.11. The summed E-state index contributed by atoms with van der Waals surface area (Å²) in [5.74, 6) is -0.229. The average Bonchev–Trinajstić information content (AvgIpc) is 2.74. The SMILES string of the molecule is Cc1ccc(N)cc1C(=O)Nc1cnoc1. The fourth-order valence-corrected chi connectivity index (χ4v) is 1.35. The summed E-state index contributed by atoms with van der Waals surface area (Å²) >= 11 is 0. The first-order valence-corrected chi connectivity index (χ1v) is 4.73. The van der Waals surface area contributed by atoms with Gasteiger partial charge >= 0.3 is 0 Å². The number of nitrogens with zero attached hydrogens (tertiary/aromatic N) is 1. The summed E-state index contributed by atoms with van der Waals surface area (Å²) < 4.78 is 4.62. The van der Waals surface area contributed by atoms with Gasteiger partial charge < -0.3 is 15.6 Å². The van der Waals surface area contributed by atoms with Crippen LogP contribution in [0.3, 0.4) is 0 Å². The molecule has 1 amide bonds. The van der Waals surface area contributed by atoms with Crippen molar-refractivity contribution in [3.8, 4) is 0 Å². The van der Waals surface area contributed by atoms with Crippen LogP contribution >= 0.6 is 0 Å². The monoisotopic (exact) mass is 217 g/mol. The highest BCUT2D eigenvalue weighted by molar-refractivity contribution is 6.05. The molecule has 0 fully saturated rings. The number of nitrogens with one attached hydrogen (secondary N) is 1. The largest absolute Gasteiger partial charge is 0.399 e. The summed E-state index contributed by atoms with van der Waals surface area (Å²) in [6.07, 6.45) is 2.79. The molecule has 0 atom stereocenters. The number of aromatic nitrogens is 1. The summed E-state index contributed by atoms with van der Waals surface area (Å²) in [5, 5.41) is 6.15. The molecule has 16 heavy (non-hydrogen) atoms. The second-order valence-electron chi connectivity index (χ2n) is 3.44. The van der Waals surface area contributed by atoms with E-state index in [-0.39, 0.29) is 5.91 Å². The zero-order valence-electron chi connectivity index (χ0n) is 8.73. The Labute approximate surface area is 92.2 Å². The van der Waals surface area contributed by atoms with E-state index in [2.05, 4.69) is 15.0 Å². The van der Waals surface area contributed by atoms with Gasteiger partial charge in [0, 0.05) is 11.3 Å². The van der Waals surface area contributed by atoms with Gasteiger partial charge in [0.2, 0.25) is 0 Å². The normalized spacial score (nSPS) is 10.1. The van der Waals surface area contributed by atoms with E-state index in [1.165, 1.54) is 12.5 Å². The summed E-state index contributed by atoms with van der Waals surface area (Å²) in [7, 11) is 0. The minimum atomic E-state index is -0.229. The number of aryl methyl sites for hydroxylation is 1. The van der Waals surface area contributed by atoms with E-state index in [4.69, 9.17) is 5.73 Å². The quantitative estimate of drug-likeness (QED) is 0.752. The molecule has 0 saturated heterocycles. The van der Waals surface area contributed by atoms with Gasteiger partial charge in [-0.05, 0) is 24.6 Å². The lowest BCUT2D eigenvalue weighted by molar-refractivity contribution is 0.102. The van der Waals surface area contributed by atoms with Gasteiger partial charge in [0.05, 0.1) is 6.20 Å². The number of carbonyl (C=O) groups excluding carboxylic acids is 1. The highest BCUT2D eigenvalue weighted by atomic mass is 16.5. The summed E-state index contributed by atoms with van der Waals surface area (Å²) in [6.45, 7) is 1.85. The minimum absolute atomic E-state index is 0.229. The van der Waals surface area contributed by atoms with Crippen LogP contribution in [0.1, 0.15) is 15.9 Å². The van der Waals surface area contributed by atoms with Crippen molar-refractivity contribution in [2.75, 3.05) is 11.1 Å². The molecular formula is C11H11N3O2. The number of carbonyl (C=O) groups is 1. The number of amides is 1. The molecule has 0 radical (unpaired) electrons. The number of hydrogen-bond acceptors (Lipinski definition) is 4. The lowest BCUT2D eigenvalue weighted by Gasteiger charge is -2.06. The first-order chi connectivity index (χ1) is 7.66. The highest BCUT2D eigenvalue weighted by Gasteiger charge is 2.10. The Balaban J connectivity index is 2.24. The van der Waals surface area contributed by atoms with Gasteiger partial charge in [0.1, 0.15) is 12.0 Å². The first kappa shape index (κ1) is 10.2. The van der Waals surface area contributed by atoms with Crippen LogP contribution < -0.4 is 11.1 Å². The van der Waals surface area contributed by atoms with Crippen molar-refractivity contribution in [2.24, 2.45) is 0 Å². The molecule has 1 aromatic carbocycles. The molecule has 1 heterocycles. The third kappa shape index (κ3) is 2.03. The van der Waals surface area contributed by atoms with Gasteiger partial charge in [0.15, 0.2) is 0 Å². The Hall–Kier alpha value is -2.30. The van der Waals surface area contributed by atoms with Crippen molar-refractivity contribution in [1.29, 1.82) is 0 Å². The second-order valence-corrected chi connectivity index (χ2v) is 3.44. The van der Waals surface area contributed by atoms with Crippen molar-refractivity contribution in [3.63, 3.8) is 0 Å². The van der Waals surface area contributed by atoms with Crippen LogP contribution in [0.2, 0.25) is 0 Å². The van der Waals surface area contributed by atoms with Crippen LogP contribution in [0.15, 0.2) is 35.2 Å². The van der Waals surface area contributed by atoms with Crippen molar-refractivity contribution >= 4 is 17.3 Å². The van der Waals surface area contributed by atoms with Crippen LogP contribution in [0.4, 0.5) is 11.4 Å². The Morgan fingerprint density at radius 3 is 3.00 bits per heavy atom. The van der Waals surface area contributed by atoms with E-state index in [1.807, 2.05) is 6.92 Å². The van der Waals surface area contributed by atoms with Crippen LogP contribution in [0.5, 0.6) is 0 Å². The van der Waals surface area contributed by atoms with Gasteiger partial charge in [-0.1, -0.05) is 11.2 Å². The maximum atomic E-state index is 11.8. The third-order valence-electron chi connectivity index (χ3n) is 2.20. The van der Waals surface area contributed by atoms with Gasteiger partial charge in [-0.2, -0.15) is 0 Å². The van der Waals surface area contributed by atoms with E-state index in [0.29, 0.717) is 16.9 Å². The van der Waals surface area contributed by atoms with E-state index in [1.54, 1.807) is 18.2 Å². The second kappa shape index (κ2) is 4.06. The molecule has 0 saturated carbocycles. The Morgan fingerprint density at radius 1 is 1.50 bits per heavy atom. The van der Waals surface area contributed by atoms with E-state index >= 15 is 0 Å². The van der Waals surface area contributed by atoms with Crippen LogP contribution in [0, 0.1) is 6.92 Å². The first-order valence-electron chi connectivity index (χ1n) is 4.73. The number of benzene rings is 1. The van der Waals surface area contributed by atoms with E-state index in [9.17, 15) is 4.79 Å². The maximum absolute atomic E-state index is 11.8. The molecule has 5 nitrogen and oxygen atoms in total. The fraction of sp³-hybridized carbons (Fsp3) is 0.0909. The van der Waals surface area contributed by atoms with Gasteiger partial charge in [-0.3, -0.25) is 4.79 Å². The van der Waals surface area contributed by atoms with Crippen molar-refractivity contribution in [1.82, 2.24) is 5.16 Å². The topological polar surface area (TPSA) is 81.2 Å². The highest BCUT2D eigenvalue weighted by Crippen LogP contribution is 2.14. The maximum Gasteiger partial charge on any atom is 0.256 e. The zero-order valence-corrected chi connectivity index (χ0v) is 8.73. The van der Waals surface area contributed by atoms with Crippen LogP contribution in [-0.2, 0) is 0 Å². The molecule has 2 aromatic rings. The van der Waals surface area contributed by atoms with Gasteiger partial charge in [-0.15, -0.1) is 0 Å². The smallest absolute Gasteiger partial charge is 0.256 e. The van der Waals surface area contributed by atoms with Crippen molar-refractivity contribution in [3.05, 3.63) is 41.8 Å². The molecule has 5 heteroatoms. The third-order valence-corrected chi connectivity index (χ3v) is 2.20. The Morgan fingerprint density at radius 2 is 2.31 bits per heavy atom. The average molecular weight is 217 g/mol. The number of nitrogens with two attached hydrogens (primary N) is 1. The molecule has 1 aromatic heterocycles. The minimum Gasteiger partial charge on any atom is -0.399 e. The molecule has 0 aliphatic rings. The van der Waals surface area contributed by atoms with Crippen molar-refractivity contribution < 1.29 is 9.32 Å². The summed E-state index contributed by atoms with van der Waals surface area (Å²) in [6, 6.07) is 5.20. The number of rotatable bonds is 2. The molecule has 2 rings (SSSR count). The lowest BCUT2D eigenvalue weighted by Crippen LogP contribution is -2.13. The molecule has 0 unspecified atom stereocenters. The molecule has 0 aliphatic heterocycles. The van der Waals surface area contributed by atoms with E-state index < -0.39 is 0 Å². The fourth-order valence-electron chi connectivity index (χ4n) is 1.35. The van der Waals surface area contributed by atoms with E-state index in [0.717, 1.165) is 5.56 Å². The molecule has 0 aliphatic carbocycles. The Bertz CT molecular complexity index is 506. The number of nitrogen functional groups attached to an aromatic ring is 1. The predicted octanol–water partition coefficient (Wildman–Crippen LogP) is 1.82. The standard InChI is InChI=1S/C11H11N3O2/c1-7-2-3-8(12)4-10(7)11(15)14-9-5-13-16-6-9/h2-6H,12H2,1H3,(H,14,15). The molecule has 0 spiro atoms. The lowest BCUT2D eigenvalue weighted by atomic mass is 10.1. The summed E-state index contributed by atoms with van der Waals surface area (Å²) in [4.78, 5) is 11.8.